The van der Waals surface area contributed by atoms with Crippen molar-refractivity contribution in [1.82, 2.24) is 25.2 Å². The van der Waals surface area contributed by atoms with E-state index in [0.717, 1.165) is 19.3 Å². The lowest BCUT2D eigenvalue weighted by Crippen LogP contribution is -2.59. The highest BCUT2D eigenvalue weighted by Crippen LogP contribution is 2.46. The highest BCUT2D eigenvalue weighted by atomic mass is 32.2. The first kappa shape index (κ1) is 40.7. The van der Waals surface area contributed by atoms with Crippen LogP contribution in [-0.2, 0) is 29.1 Å². The molecule has 14 nitrogen and oxygen atoms in total. The highest BCUT2D eigenvalue weighted by Gasteiger charge is 2.62. The van der Waals surface area contributed by atoms with E-state index in [2.05, 4.69) is 27.3 Å². The van der Waals surface area contributed by atoms with Crippen molar-refractivity contribution < 1.29 is 46.2 Å². The maximum Gasteiger partial charge on any atom is 0.408 e. The number of pyridine rings is 1. The third kappa shape index (κ3) is 9.47. The molecule has 5 aliphatic rings. The Kier molecular flexibility index (Phi) is 11.2. The smallest absolute Gasteiger partial charge is 0.408 e. The van der Waals surface area contributed by atoms with E-state index in [9.17, 15) is 32.0 Å². The fraction of sp³-hybridized carbons (Fsp3) is 0.634. The number of amides is 4. The fourth-order valence-corrected chi connectivity index (χ4v) is 9.32. The average Bonchev–Trinajstić information content (AvgIpc) is 4.02. The van der Waals surface area contributed by atoms with Gasteiger partial charge in [-0.3, -0.25) is 19.1 Å². The first-order chi connectivity index (χ1) is 26.9. The number of alkyl carbamates (subject to hydrolysis) is 1. The Bertz CT molecular complexity index is 2050. The second-order valence-corrected chi connectivity index (χ2v) is 19.7. The Morgan fingerprint density at radius 1 is 1.07 bits per heavy atom. The van der Waals surface area contributed by atoms with Gasteiger partial charge in [0.05, 0.1) is 30.0 Å². The zero-order chi connectivity index (χ0) is 40.9. The summed E-state index contributed by atoms with van der Waals surface area (Å²) in [6.07, 6.45) is 8.87. The number of hydrogen-bond donors (Lipinski definition) is 3. The summed E-state index contributed by atoms with van der Waals surface area (Å²) in [6.45, 7) is 9.49. The largest absolute Gasteiger partial charge is 0.491 e. The molecule has 3 N–H and O–H groups in total. The van der Waals surface area contributed by atoms with Crippen LogP contribution in [0.2, 0.25) is 0 Å². The van der Waals surface area contributed by atoms with Crippen LogP contribution in [0.4, 0.5) is 9.18 Å². The highest BCUT2D eigenvalue weighted by molar-refractivity contribution is 7.91. The predicted molar refractivity (Wildman–Crippen MR) is 208 cm³/mol. The number of allylic oxidation sites excluding steroid dienone is 1. The first-order valence-electron chi connectivity index (χ1n) is 20.1. The topological polar surface area (TPSA) is 182 Å². The number of nitrogens with one attached hydrogen (secondary N) is 3. The molecule has 7 rings (SSSR count). The summed E-state index contributed by atoms with van der Waals surface area (Å²) in [5.41, 5.74) is -2.40. The van der Waals surface area contributed by atoms with Crippen LogP contribution in [0.15, 0.2) is 36.5 Å². The Labute approximate surface area is 333 Å². The summed E-state index contributed by atoms with van der Waals surface area (Å²) in [5, 5.41) is 5.95. The van der Waals surface area contributed by atoms with Gasteiger partial charge < -0.3 is 29.7 Å². The van der Waals surface area contributed by atoms with Crippen LogP contribution in [-0.4, -0.2) is 89.8 Å². The van der Waals surface area contributed by atoms with Gasteiger partial charge in [-0.1, -0.05) is 26.0 Å². The monoisotopic (exact) mass is 811 g/mol. The Morgan fingerprint density at radius 3 is 2.53 bits per heavy atom. The molecule has 0 spiro atoms. The van der Waals surface area contributed by atoms with Crippen molar-refractivity contribution in [2.75, 3.05) is 13.2 Å². The number of carbonyl (C=O) groups excluding carboxylic acids is 4. The second-order valence-electron chi connectivity index (χ2n) is 17.7. The van der Waals surface area contributed by atoms with Crippen LogP contribution >= 0.6 is 0 Å². The van der Waals surface area contributed by atoms with Gasteiger partial charge in [-0.05, 0) is 108 Å². The molecule has 4 amide bonds. The number of sulfonamides is 1. The number of hydrogen-bond acceptors (Lipinski definition) is 10. The van der Waals surface area contributed by atoms with Gasteiger partial charge in [0.2, 0.25) is 27.7 Å². The quantitative estimate of drug-likeness (QED) is 0.295. The molecule has 1 aromatic carbocycles. The summed E-state index contributed by atoms with van der Waals surface area (Å²) in [6, 6.07) is 1.94. The van der Waals surface area contributed by atoms with Gasteiger partial charge in [-0.25, -0.2) is 22.6 Å². The Hall–Kier alpha value is -4.47. The van der Waals surface area contributed by atoms with Gasteiger partial charge in [-0.15, -0.1) is 0 Å². The van der Waals surface area contributed by atoms with Gasteiger partial charge in [-0.2, -0.15) is 0 Å². The molecule has 16 heteroatoms. The van der Waals surface area contributed by atoms with Crippen molar-refractivity contribution in [1.29, 1.82) is 0 Å². The molecule has 57 heavy (non-hydrogen) atoms. The molecule has 2 aromatic rings. The minimum atomic E-state index is -3.93. The molecule has 2 aliphatic heterocycles. The third-order valence-electron chi connectivity index (χ3n) is 11.5. The molecule has 4 fully saturated rings. The molecule has 3 heterocycles. The van der Waals surface area contributed by atoms with E-state index < -0.39 is 80.2 Å². The SMILES string of the molecule is C[C@@H]1CC/C=C\[C@@H]2C[C@@]2(C(=O)NS(=O)(=O)C2CC2)NC(=O)[C@@H]2C[C@@H](Oc3ncc(OCC4CC4)c4ccc(F)cc34)CN2C(=O)[C@@H](NC(=O)OC(C)(C)C)[C@H](C)C1. The summed E-state index contributed by atoms with van der Waals surface area (Å²) < 4.78 is 60.7. The number of nitrogens with zero attached hydrogens (tertiary/aromatic N) is 2. The maximum absolute atomic E-state index is 14.8. The van der Waals surface area contributed by atoms with E-state index in [4.69, 9.17) is 14.2 Å². The van der Waals surface area contributed by atoms with Gasteiger partial charge in [0.15, 0.2) is 0 Å². The van der Waals surface area contributed by atoms with E-state index in [1.165, 1.54) is 23.2 Å². The molecule has 3 aliphatic carbocycles. The standard InChI is InChI=1S/C41H54FN5O9S/c1-23-8-6-7-9-26-19-41(26,38(50)46-57(52,53)29-13-14-29)45-35(48)32-18-28(21-47(32)37(49)34(24(2)16-23)44-39(51)56-40(3,4)5)55-36-31-17-27(42)12-15-30(31)33(20-43-36)54-22-25-10-11-25/h7,9,12,15,17,20,23-26,28-29,32,34H,6,8,10-11,13-14,16,18-19,21-22H2,1-5H3,(H,44,51)(H,45,48)(H,46,50)/b9-7-/t23-,24-,26-,28-,32+,34+,41-/m1/s1. The van der Waals surface area contributed by atoms with Crippen LogP contribution in [0.3, 0.4) is 0 Å². The molecule has 3 saturated carbocycles. The summed E-state index contributed by atoms with van der Waals surface area (Å²) in [5.74, 6) is -2.24. The van der Waals surface area contributed by atoms with Gasteiger partial charge in [0.25, 0.3) is 5.91 Å². The zero-order valence-corrected chi connectivity index (χ0v) is 34.0. The molecule has 0 bridgehead atoms. The number of ether oxygens (including phenoxy) is 3. The predicted octanol–water partition coefficient (Wildman–Crippen LogP) is 4.90. The third-order valence-corrected chi connectivity index (χ3v) is 13.3. The fourth-order valence-electron chi connectivity index (χ4n) is 7.96. The van der Waals surface area contributed by atoms with E-state index in [1.54, 1.807) is 26.8 Å². The van der Waals surface area contributed by atoms with Crippen LogP contribution in [0, 0.1) is 29.5 Å². The lowest BCUT2D eigenvalue weighted by molar-refractivity contribution is -0.142. The molecule has 0 radical (unpaired) electrons. The van der Waals surface area contributed by atoms with E-state index in [-0.39, 0.29) is 37.1 Å². The van der Waals surface area contributed by atoms with Crippen LogP contribution < -0.4 is 24.8 Å². The van der Waals surface area contributed by atoms with Gasteiger partial charge in [0.1, 0.15) is 40.9 Å². The number of aromatic nitrogens is 1. The van der Waals surface area contributed by atoms with Gasteiger partial charge >= 0.3 is 6.09 Å². The number of fused-ring (bicyclic) bond motifs is 3. The lowest BCUT2D eigenvalue weighted by Gasteiger charge is -2.33. The van der Waals surface area contributed by atoms with Crippen molar-refractivity contribution >= 4 is 44.6 Å². The number of carbonyl (C=O) groups is 4. The zero-order valence-electron chi connectivity index (χ0n) is 33.2. The molecular weight excluding hydrogens is 758 g/mol. The summed E-state index contributed by atoms with van der Waals surface area (Å²) in [7, 11) is -3.93. The van der Waals surface area contributed by atoms with E-state index in [0.29, 0.717) is 54.7 Å². The van der Waals surface area contributed by atoms with Crippen molar-refractivity contribution in [3.05, 3.63) is 42.4 Å². The molecular formula is C41H54FN5O9S. The number of halogens is 1. The normalized spacial score (nSPS) is 30.2. The van der Waals surface area contributed by atoms with Crippen molar-refractivity contribution in [3.8, 4) is 11.6 Å². The van der Waals surface area contributed by atoms with Crippen molar-refractivity contribution in [2.45, 2.75) is 127 Å². The molecule has 1 aromatic heterocycles. The van der Waals surface area contributed by atoms with Crippen LogP contribution in [0.1, 0.15) is 92.4 Å². The summed E-state index contributed by atoms with van der Waals surface area (Å²) in [4.78, 5) is 62.2. The Balaban J connectivity index is 1.21. The number of benzene rings is 1. The molecule has 1 saturated heterocycles. The first-order valence-corrected chi connectivity index (χ1v) is 21.7. The average molecular weight is 812 g/mol. The van der Waals surface area contributed by atoms with Gasteiger partial charge in [0, 0.05) is 17.7 Å². The molecule has 0 unspecified atom stereocenters. The Morgan fingerprint density at radius 2 is 1.82 bits per heavy atom. The molecule has 7 atom stereocenters. The minimum absolute atomic E-state index is 0.0431. The van der Waals surface area contributed by atoms with E-state index >= 15 is 0 Å². The molecule has 310 valence electrons. The lowest BCUT2D eigenvalue weighted by atomic mass is 9.88. The second kappa shape index (κ2) is 15.7. The number of rotatable bonds is 9. The van der Waals surface area contributed by atoms with E-state index in [1.807, 2.05) is 19.1 Å². The van der Waals surface area contributed by atoms with Crippen molar-refractivity contribution in [2.24, 2.45) is 23.7 Å². The minimum Gasteiger partial charge on any atom is -0.491 e. The summed E-state index contributed by atoms with van der Waals surface area (Å²) >= 11 is 0. The van der Waals surface area contributed by atoms with Crippen LogP contribution in [0.25, 0.3) is 10.8 Å². The maximum atomic E-state index is 14.8. The van der Waals surface area contributed by atoms with Crippen molar-refractivity contribution in [3.63, 3.8) is 0 Å². The van der Waals surface area contributed by atoms with Crippen LogP contribution in [0.5, 0.6) is 11.6 Å².